The Morgan fingerprint density at radius 3 is 1.06 bits per heavy atom. The zero-order valence-corrected chi connectivity index (χ0v) is 79.2. The third kappa shape index (κ3) is 33.9. The van der Waals surface area contributed by atoms with Crippen molar-refractivity contribution in [2.75, 3.05) is 29.8 Å². The number of ether oxygens (including phenoxy) is 4. The fourth-order valence-corrected chi connectivity index (χ4v) is 12.3. The predicted octanol–water partition coefficient (Wildman–Crippen LogP) is 22.2. The van der Waals surface area contributed by atoms with E-state index in [-0.39, 0.29) is 79.1 Å². The summed E-state index contributed by atoms with van der Waals surface area (Å²) in [5.41, 5.74) is 13.3. The molecule has 32 heteroatoms. The molecule has 1 atom stereocenters. The zero-order chi connectivity index (χ0) is 89.7. The number of Topliss-reactive ketones (excluding diaryl/α,β-unsaturated/α-hetero) is 1. The minimum absolute atomic E-state index is 0. The van der Waals surface area contributed by atoms with Crippen molar-refractivity contribution in [2.24, 2.45) is 0 Å². The average Bonchev–Trinajstić information content (AvgIpc) is 1.49. The maximum absolute atomic E-state index is 13.1. The number of anilines is 2. The van der Waals surface area contributed by atoms with E-state index < -0.39 is 48.6 Å². The van der Waals surface area contributed by atoms with Gasteiger partial charge in [-0.3, -0.25) is 13.8 Å². The molecular formula is C90H87Br2Cl4N6NaO16S3. The molecule has 14 aromatic rings. The maximum atomic E-state index is 13.1. The number of sulfone groups is 2. The van der Waals surface area contributed by atoms with Gasteiger partial charge in [-0.25, -0.2) is 36.4 Å². The van der Waals surface area contributed by atoms with Crippen molar-refractivity contribution >= 4 is 155 Å². The van der Waals surface area contributed by atoms with Crippen LogP contribution >= 0.6 is 78.3 Å². The first-order valence-corrected chi connectivity index (χ1v) is 45.2. The molecular weight excluding hydrogens is 1840 g/mol. The number of benzene rings is 10. The van der Waals surface area contributed by atoms with Crippen LogP contribution in [0.15, 0.2) is 298 Å². The van der Waals surface area contributed by atoms with Gasteiger partial charge in [0.1, 0.15) is 68.4 Å². The molecule has 0 spiro atoms. The smallest absolute Gasteiger partial charge is 0.773 e. The Morgan fingerprint density at radius 2 is 0.738 bits per heavy atom. The number of rotatable bonds is 17. The van der Waals surface area contributed by atoms with Gasteiger partial charge >= 0.3 is 41.5 Å². The number of carbonyl (C=O) groups is 4. The summed E-state index contributed by atoms with van der Waals surface area (Å²) in [5.74, 6) is 0.0742. The van der Waals surface area contributed by atoms with Crippen LogP contribution < -0.4 is 59.6 Å². The molecule has 0 aliphatic rings. The van der Waals surface area contributed by atoms with Gasteiger partial charge in [-0.2, -0.15) is 0 Å². The number of nitrogen functional groups attached to an aromatic ring is 1. The number of ketones is 1. The fraction of sp³-hybridized carbons (Fsp3) is 0.133. The number of halogens is 6. The van der Waals surface area contributed by atoms with Crippen LogP contribution in [0.5, 0.6) is 46.0 Å². The minimum Gasteiger partial charge on any atom is -0.773 e. The normalized spacial score (nSPS) is 10.4. The Morgan fingerprint density at radius 1 is 0.443 bits per heavy atom. The molecule has 5 N–H and O–H groups in total. The van der Waals surface area contributed by atoms with Gasteiger partial charge in [-0.1, -0.05) is 181 Å². The molecule has 10 aromatic carbocycles. The number of fused-ring (bicyclic) bond motifs is 2. The Labute approximate surface area is 771 Å². The molecule has 22 nitrogen and oxygen atoms in total. The van der Waals surface area contributed by atoms with Crippen LogP contribution in [-0.4, -0.2) is 97.0 Å². The van der Waals surface area contributed by atoms with Crippen molar-refractivity contribution in [1.29, 1.82) is 0 Å². The number of nitrogens with zero attached hydrogens (tertiary/aromatic N) is 4. The Kier molecular flexibility index (Phi) is 44.6. The summed E-state index contributed by atoms with van der Waals surface area (Å²) < 4.78 is 93.4. The molecule has 634 valence electrons. The number of imidazole rings is 2. The van der Waals surface area contributed by atoms with Crippen molar-refractivity contribution in [3.8, 4) is 68.5 Å². The van der Waals surface area contributed by atoms with Crippen molar-refractivity contribution in [3.05, 3.63) is 331 Å². The Balaban J connectivity index is 0.000000319. The molecule has 122 heavy (non-hydrogen) atoms. The van der Waals surface area contributed by atoms with E-state index in [1.165, 1.54) is 49.4 Å². The molecule has 4 heterocycles. The molecule has 0 radical (unpaired) electrons. The van der Waals surface area contributed by atoms with Crippen LogP contribution in [0.3, 0.4) is 0 Å². The van der Waals surface area contributed by atoms with E-state index in [0.717, 1.165) is 67.2 Å². The van der Waals surface area contributed by atoms with E-state index in [0.29, 0.717) is 60.1 Å². The largest absolute Gasteiger partial charge is 1.00 e. The van der Waals surface area contributed by atoms with Gasteiger partial charge in [0, 0.05) is 101 Å². The van der Waals surface area contributed by atoms with Crippen molar-refractivity contribution in [2.45, 2.75) is 72.1 Å². The molecule has 0 fully saturated rings. The van der Waals surface area contributed by atoms with Crippen LogP contribution in [0.4, 0.5) is 11.4 Å². The second-order valence-corrected chi connectivity index (χ2v) is 32.2. The van der Waals surface area contributed by atoms with Gasteiger partial charge in [-0.15, -0.1) is 0 Å². The van der Waals surface area contributed by atoms with Crippen LogP contribution in [0, 0.1) is 0 Å². The number of hydrogen-bond acceptors (Lipinski definition) is 17. The van der Waals surface area contributed by atoms with Gasteiger partial charge in [-0.05, 0) is 219 Å². The van der Waals surface area contributed by atoms with Crippen LogP contribution in [0.25, 0.3) is 33.8 Å². The molecule has 0 saturated heterocycles. The first kappa shape index (κ1) is 104. The van der Waals surface area contributed by atoms with Gasteiger partial charge in [0.2, 0.25) is 0 Å². The molecule has 1 unspecified atom stereocenters. The van der Waals surface area contributed by atoms with E-state index in [1.54, 1.807) is 133 Å². The number of pyridine rings is 2. The van der Waals surface area contributed by atoms with Crippen LogP contribution in [-0.2, 0) is 30.8 Å². The number of carboxylic acid groups (broad SMARTS) is 2. The predicted molar refractivity (Wildman–Crippen MR) is 491 cm³/mol. The number of aromatic nitrogens is 4. The average molecular weight is 1930 g/mol. The number of carboxylic acids is 2. The number of nitrogens with two attached hydrogens (primary N) is 1. The molecule has 0 saturated carbocycles. The molecule has 4 aromatic heterocycles. The SMILES string of the molecule is CC.CC.CC.CC.CC(=O)c1ccc(Br)cc1Oc1ccc(Cl)cc1.CS(=O)(=O)c1ccc(C(=O)Nc2ccc(-c3cn4ccccc4n3)cc2)c(Oc2ccc(Cl)cc2)c1.CS(=O)(=O)c1ccc(C(=O)O)c(Oc2ccc(Cl)cc2)c1.CS(=O)[O-].Nc1ccc(-c2cn3ccccc3n2)cc1.O=C(O)c1ccc(Br)cc1Oc1ccc(Cl)cc1.[Na+]. The first-order valence-electron chi connectivity index (χ1n) is 36.9. The summed E-state index contributed by atoms with van der Waals surface area (Å²) >= 11 is 28.0. The number of aromatic carboxylic acids is 2. The van der Waals surface area contributed by atoms with Crippen molar-refractivity contribution < 1.29 is 103 Å². The summed E-state index contributed by atoms with van der Waals surface area (Å²) in [6, 6.07) is 71.1. The second-order valence-electron chi connectivity index (χ2n) is 23.8. The number of hydrogen-bond donors (Lipinski definition) is 4. The van der Waals surface area contributed by atoms with Gasteiger partial charge in [0.05, 0.1) is 32.3 Å². The molecule has 0 aliphatic carbocycles. The van der Waals surface area contributed by atoms with Crippen LogP contribution in [0.2, 0.25) is 20.1 Å². The molecule has 14 rings (SSSR count). The van der Waals surface area contributed by atoms with Crippen molar-refractivity contribution in [1.82, 2.24) is 18.8 Å². The zero-order valence-electron chi connectivity index (χ0n) is 68.5. The van der Waals surface area contributed by atoms with Crippen molar-refractivity contribution in [3.63, 3.8) is 0 Å². The standard InChI is InChI=1S/C27H20ClN3O4S.C14H10BrClO2.C14H11ClO5S.C13H8BrClO3.C13H11N3.4C2H6.CH4O2S.Na/c1-36(33,34)22-13-14-23(25(16-22)35-21-11-7-19(28)8-12-21)27(32)29-20-9-5-18(6-10-20)24-17-31-15-3-2-4-26(31)30-24;1-9(17)13-7-2-10(15)8-14(13)18-12-5-3-11(16)4-6-12;1-21(18,19)11-6-7-12(14(16)17)13(8-11)20-10-4-2-9(15)3-5-10;14-8-1-6-11(13(16)17)12(7-8)18-10-4-2-9(15)3-5-10;14-11-6-4-10(5-7-11)12-9-16-8-2-1-3-13(16)15-12;4*1-2;1-4(2)3;/h2-17H,1H3,(H,29,32);2-8H,1H3;2-8H,1H3,(H,16,17);1-7H,(H,16,17);1-9H,14H2;4*1-2H3;1H3,(H,2,3);/q;;;;;;;;;;+1/p-1. The minimum atomic E-state index is -3.51. The number of amides is 1. The van der Waals surface area contributed by atoms with E-state index in [1.807, 2.05) is 168 Å². The Bertz CT molecular complexity index is 5830. The van der Waals surface area contributed by atoms with Crippen LogP contribution in [0.1, 0.15) is 104 Å². The van der Waals surface area contributed by atoms with E-state index in [4.69, 9.17) is 90.1 Å². The fourth-order valence-electron chi connectivity index (χ4n) is 9.87. The monoisotopic (exact) mass is 1920 g/mol. The second kappa shape index (κ2) is 52.3. The summed E-state index contributed by atoms with van der Waals surface area (Å²) in [7, 11) is -6.97. The van der Waals surface area contributed by atoms with Gasteiger partial charge in [0.15, 0.2) is 25.5 Å². The maximum Gasteiger partial charge on any atom is 1.00 e. The summed E-state index contributed by atoms with van der Waals surface area (Å²) in [4.78, 5) is 56.0. The number of carbonyl (C=O) groups excluding carboxylic acids is 2. The Hall–Kier alpha value is -10.2. The van der Waals surface area contributed by atoms with E-state index in [9.17, 15) is 36.0 Å². The molecule has 0 aliphatic heterocycles. The summed E-state index contributed by atoms with van der Waals surface area (Å²) in [6.45, 7) is 17.5. The van der Waals surface area contributed by atoms with E-state index >= 15 is 0 Å². The third-order valence-electron chi connectivity index (χ3n) is 15.3. The summed E-state index contributed by atoms with van der Waals surface area (Å²) in [5, 5.41) is 23.3. The van der Waals surface area contributed by atoms with Gasteiger partial charge in [0.25, 0.3) is 5.91 Å². The third-order valence-corrected chi connectivity index (χ3v) is 19.5. The molecule has 0 bridgehead atoms. The first-order chi connectivity index (χ1) is 57.7. The summed E-state index contributed by atoms with van der Waals surface area (Å²) in [6.07, 6.45) is 11.1. The van der Waals surface area contributed by atoms with Gasteiger partial charge < -0.3 is 53.6 Å². The van der Waals surface area contributed by atoms with E-state index in [2.05, 4.69) is 47.1 Å². The number of nitrogens with one attached hydrogen (secondary N) is 1. The topological polar surface area (TPSA) is 327 Å². The quantitative estimate of drug-likeness (QED) is 0.0285. The molecule has 1 amide bonds.